The molecule has 6 nitrogen and oxygen atoms in total. The summed E-state index contributed by atoms with van der Waals surface area (Å²) in [5, 5.41) is 8.89. The molecular formula is C17H19ClN4O2. The third-order valence-electron chi connectivity index (χ3n) is 4.52. The van der Waals surface area contributed by atoms with E-state index >= 15 is 0 Å². The van der Waals surface area contributed by atoms with E-state index in [0.717, 1.165) is 11.3 Å². The van der Waals surface area contributed by atoms with E-state index in [1.54, 1.807) is 4.68 Å². The zero-order chi connectivity index (χ0) is 16.5. The van der Waals surface area contributed by atoms with Crippen LogP contribution in [-0.2, 0) is 16.1 Å². The lowest BCUT2D eigenvalue weighted by Gasteiger charge is -2.33. The van der Waals surface area contributed by atoms with Crippen LogP contribution in [0.15, 0.2) is 30.5 Å². The van der Waals surface area contributed by atoms with Gasteiger partial charge in [0.2, 0.25) is 5.91 Å². The number of amides is 1. The number of ether oxygens (including phenoxy) is 1. The molecule has 126 valence electrons. The topological polar surface area (TPSA) is 60.2 Å². The van der Waals surface area contributed by atoms with Gasteiger partial charge in [0.05, 0.1) is 18.8 Å². The fraction of sp³-hybridized carbons (Fsp3) is 0.471. The molecule has 1 unspecified atom stereocenters. The summed E-state index contributed by atoms with van der Waals surface area (Å²) in [4.78, 5) is 14.4. The number of carbonyl (C=O) groups excluding carboxylic acids is 1. The summed E-state index contributed by atoms with van der Waals surface area (Å²) in [5.74, 6) is 0.574. The molecule has 1 saturated carbocycles. The number of halogens is 1. The van der Waals surface area contributed by atoms with Crippen LogP contribution < -0.4 is 0 Å². The zero-order valence-electron chi connectivity index (χ0n) is 13.3. The van der Waals surface area contributed by atoms with E-state index in [-0.39, 0.29) is 18.6 Å². The van der Waals surface area contributed by atoms with Crippen molar-refractivity contribution in [3.05, 3.63) is 46.7 Å². The maximum Gasteiger partial charge on any atom is 0.244 e. The molecule has 2 aliphatic rings. The van der Waals surface area contributed by atoms with Crippen molar-refractivity contribution in [2.45, 2.75) is 31.4 Å². The number of nitrogens with zero attached hydrogens (tertiary/aromatic N) is 4. The monoisotopic (exact) mass is 346 g/mol. The first kappa shape index (κ1) is 15.6. The van der Waals surface area contributed by atoms with Crippen LogP contribution in [-0.4, -0.2) is 45.5 Å². The number of benzene rings is 1. The van der Waals surface area contributed by atoms with Gasteiger partial charge in [-0.2, -0.15) is 0 Å². The molecule has 1 aromatic heterocycles. The lowest BCUT2D eigenvalue weighted by molar-refractivity contribution is -0.139. The number of aromatic nitrogens is 3. The van der Waals surface area contributed by atoms with Crippen LogP contribution >= 0.6 is 11.6 Å². The predicted octanol–water partition coefficient (Wildman–Crippen LogP) is 2.41. The average molecular weight is 347 g/mol. The minimum atomic E-state index is -0.186. The molecule has 1 aromatic carbocycles. The van der Waals surface area contributed by atoms with Crippen molar-refractivity contribution in [1.82, 2.24) is 19.9 Å². The molecule has 0 radical (unpaired) electrons. The van der Waals surface area contributed by atoms with Crippen LogP contribution in [0, 0.1) is 0 Å². The van der Waals surface area contributed by atoms with Crippen LogP contribution in [0.1, 0.15) is 36.1 Å². The van der Waals surface area contributed by atoms with E-state index in [9.17, 15) is 4.79 Å². The molecule has 1 aliphatic carbocycles. The molecule has 2 fully saturated rings. The lowest BCUT2D eigenvalue weighted by atomic mass is 10.1. The van der Waals surface area contributed by atoms with Crippen molar-refractivity contribution in [1.29, 1.82) is 0 Å². The lowest BCUT2D eigenvalue weighted by Crippen LogP contribution is -2.43. The highest BCUT2D eigenvalue weighted by Crippen LogP contribution is 2.38. The van der Waals surface area contributed by atoms with Gasteiger partial charge in [-0.25, -0.2) is 4.68 Å². The highest BCUT2D eigenvalue weighted by molar-refractivity contribution is 6.31. The van der Waals surface area contributed by atoms with E-state index in [1.165, 1.54) is 12.8 Å². The van der Waals surface area contributed by atoms with Gasteiger partial charge in [0, 0.05) is 29.2 Å². The summed E-state index contributed by atoms with van der Waals surface area (Å²) in [7, 11) is 0. The van der Waals surface area contributed by atoms with Crippen LogP contribution in [0.4, 0.5) is 0 Å². The second-order valence-corrected chi connectivity index (χ2v) is 6.74. The van der Waals surface area contributed by atoms with Crippen LogP contribution in [0.2, 0.25) is 5.02 Å². The second-order valence-electron chi connectivity index (χ2n) is 6.34. The third-order valence-corrected chi connectivity index (χ3v) is 4.86. The predicted molar refractivity (Wildman–Crippen MR) is 88.7 cm³/mol. The minimum absolute atomic E-state index is 0.0302. The fourth-order valence-corrected chi connectivity index (χ4v) is 3.25. The molecule has 1 amide bonds. The van der Waals surface area contributed by atoms with Gasteiger partial charge in [0.25, 0.3) is 0 Å². The normalized spacial score (nSPS) is 21.0. The van der Waals surface area contributed by atoms with Crippen molar-refractivity contribution in [2.24, 2.45) is 0 Å². The maximum atomic E-state index is 12.6. The molecule has 1 saturated heterocycles. The molecule has 2 heterocycles. The number of hydrogen-bond donors (Lipinski definition) is 0. The highest BCUT2D eigenvalue weighted by Gasteiger charge is 2.29. The van der Waals surface area contributed by atoms with Crippen molar-refractivity contribution < 1.29 is 9.53 Å². The van der Waals surface area contributed by atoms with Gasteiger partial charge >= 0.3 is 0 Å². The summed E-state index contributed by atoms with van der Waals surface area (Å²) in [6.07, 6.45) is 4.06. The van der Waals surface area contributed by atoms with Gasteiger partial charge in [-0.05, 0) is 18.9 Å². The standard InChI is InChI=1S/C17H19ClN4O2/c18-14-4-2-1-3-13(14)16-10-21(7-8-24-16)17(23)11-22-9-15(19-20-22)12-5-6-12/h1-4,9,12,16H,5-8,10-11H2. The maximum absolute atomic E-state index is 12.6. The largest absolute Gasteiger partial charge is 0.370 e. The summed E-state index contributed by atoms with van der Waals surface area (Å²) >= 11 is 6.25. The molecule has 24 heavy (non-hydrogen) atoms. The molecule has 7 heteroatoms. The summed E-state index contributed by atoms with van der Waals surface area (Å²) in [6, 6.07) is 7.61. The minimum Gasteiger partial charge on any atom is -0.370 e. The number of carbonyl (C=O) groups is 1. The second kappa shape index (κ2) is 6.53. The molecular weight excluding hydrogens is 328 g/mol. The first-order valence-electron chi connectivity index (χ1n) is 8.24. The van der Waals surface area contributed by atoms with Crippen LogP contribution in [0.25, 0.3) is 0 Å². The Labute approximate surface area is 145 Å². The van der Waals surface area contributed by atoms with Gasteiger partial charge in [0.1, 0.15) is 12.6 Å². The molecule has 1 atom stereocenters. The summed E-state index contributed by atoms with van der Waals surface area (Å²) in [5.41, 5.74) is 1.92. The molecule has 0 bridgehead atoms. The third kappa shape index (κ3) is 3.30. The number of hydrogen-bond acceptors (Lipinski definition) is 4. The quantitative estimate of drug-likeness (QED) is 0.853. The van der Waals surface area contributed by atoms with Crippen LogP contribution in [0.5, 0.6) is 0 Å². The summed E-state index contributed by atoms with van der Waals surface area (Å²) in [6.45, 7) is 1.82. The average Bonchev–Trinajstić information content (AvgIpc) is 3.35. The van der Waals surface area contributed by atoms with E-state index in [1.807, 2.05) is 35.4 Å². The van der Waals surface area contributed by atoms with Crippen molar-refractivity contribution in [3.63, 3.8) is 0 Å². The highest BCUT2D eigenvalue weighted by atomic mass is 35.5. The Hall–Kier alpha value is -1.92. The smallest absolute Gasteiger partial charge is 0.244 e. The van der Waals surface area contributed by atoms with E-state index < -0.39 is 0 Å². The van der Waals surface area contributed by atoms with E-state index in [2.05, 4.69) is 10.3 Å². The Morgan fingerprint density at radius 1 is 1.33 bits per heavy atom. The van der Waals surface area contributed by atoms with Gasteiger partial charge in [-0.1, -0.05) is 35.0 Å². The van der Waals surface area contributed by atoms with E-state index in [0.29, 0.717) is 30.6 Å². The van der Waals surface area contributed by atoms with Gasteiger partial charge in [-0.3, -0.25) is 4.79 Å². The SMILES string of the molecule is O=C(Cn1cc(C2CC2)nn1)N1CCOC(c2ccccc2Cl)C1. The van der Waals surface area contributed by atoms with Crippen molar-refractivity contribution >= 4 is 17.5 Å². The molecule has 2 aromatic rings. The molecule has 0 N–H and O–H groups in total. The van der Waals surface area contributed by atoms with Gasteiger partial charge in [-0.15, -0.1) is 5.10 Å². The molecule has 0 spiro atoms. The Kier molecular flexibility index (Phi) is 4.24. The Balaban J connectivity index is 1.41. The summed E-state index contributed by atoms with van der Waals surface area (Å²) < 4.78 is 7.44. The Bertz CT molecular complexity index is 744. The van der Waals surface area contributed by atoms with Crippen molar-refractivity contribution in [2.75, 3.05) is 19.7 Å². The van der Waals surface area contributed by atoms with Gasteiger partial charge in [0.15, 0.2) is 0 Å². The first-order valence-corrected chi connectivity index (χ1v) is 8.62. The van der Waals surface area contributed by atoms with Gasteiger partial charge < -0.3 is 9.64 Å². The number of morpholine rings is 1. The van der Waals surface area contributed by atoms with Crippen LogP contribution in [0.3, 0.4) is 0 Å². The first-order chi connectivity index (χ1) is 11.7. The Morgan fingerprint density at radius 2 is 2.17 bits per heavy atom. The molecule has 1 aliphatic heterocycles. The number of rotatable bonds is 4. The Morgan fingerprint density at radius 3 is 2.96 bits per heavy atom. The van der Waals surface area contributed by atoms with Crippen molar-refractivity contribution in [3.8, 4) is 0 Å². The van der Waals surface area contributed by atoms with E-state index in [4.69, 9.17) is 16.3 Å². The zero-order valence-corrected chi connectivity index (χ0v) is 14.0. The fourth-order valence-electron chi connectivity index (χ4n) is 3.00. The molecule has 4 rings (SSSR count).